The van der Waals surface area contributed by atoms with Gasteiger partial charge in [0, 0.05) is 30.2 Å². The Kier molecular flexibility index (Phi) is 4.06. The van der Waals surface area contributed by atoms with E-state index in [1.54, 1.807) is 0 Å². The molecule has 0 unspecified atom stereocenters. The molecule has 0 saturated heterocycles. The molecule has 1 aliphatic carbocycles. The zero-order valence-electron chi connectivity index (χ0n) is 13.7. The number of aromatic nitrogens is 1. The lowest BCUT2D eigenvalue weighted by Crippen LogP contribution is -2.31. The molecule has 0 fully saturated rings. The third kappa shape index (κ3) is 2.25. The van der Waals surface area contributed by atoms with Crippen LogP contribution in [-0.4, -0.2) is 28.5 Å². The Morgan fingerprint density at radius 1 is 1.14 bits per heavy atom. The van der Waals surface area contributed by atoms with Gasteiger partial charge in [0.05, 0.1) is 5.56 Å². The average molecular weight is 296 g/mol. The van der Waals surface area contributed by atoms with Crippen LogP contribution in [0.15, 0.2) is 30.3 Å². The third-order valence-corrected chi connectivity index (χ3v) is 4.74. The van der Waals surface area contributed by atoms with Gasteiger partial charge in [0.2, 0.25) is 0 Å². The van der Waals surface area contributed by atoms with E-state index >= 15 is 0 Å². The highest BCUT2D eigenvalue weighted by Gasteiger charge is 2.29. The standard InChI is InChI=1S/C19H24N2O/c1-4-20(5-2)19(22)18-14(3)21(15-10-7-6-8-11-15)17-13-9-12-16(17)18/h6-8,10-11H,4-5,9,12-13H2,1-3H3. The summed E-state index contributed by atoms with van der Waals surface area (Å²) in [6.07, 6.45) is 3.24. The van der Waals surface area contributed by atoms with Gasteiger partial charge in [0.25, 0.3) is 5.91 Å². The number of nitrogens with zero attached hydrogens (tertiary/aromatic N) is 2. The molecule has 1 amide bonds. The molecule has 116 valence electrons. The van der Waals surface area contributed by atoms with Crippen molar-refractivity contribution in [1.29, 1.82) is 0 Å². The summed E-state index contributed by atoms with van der Waals surface area (Å²) in [7, 11) is 0. The molecule has 0 bridgehead atoms. The van der Waals surface area contributed by atoms with Crippen molar-refractivity contribution in [3.05, 3.63) is 52.8 Å². The number of rotatable bonds is 4. The van der Waals surface area contributed by atoms with Gasteiger partial charge in [-0.1, -0.05) is 18.2 Å². The van der Waals surface area contributed by atoms with Gasteiger partial charge in [-0.2, -0.15) is 0 Å². The van der Waals surface area contributed by atoms with Crippen LogP contribution in [-0.2, 0) is 12.8 Å². The minimum absolute atomic E-state index is 0.190. The second-order valence-corrected chi connectivity index (χ2v) is 5.89. The van der Waals surface area contributed by atoms with Gasteiger partial charge in [-0.15, -0.1) is 0 Å². The number of hydrogen-bond donors (Lipinski definition) is 0. The van der Waals surface area contributed by atoms with Gasteiger partial charge >= 0.3 is 0 Å². The molecule has 0 radical (unpaired) electrons. The zero-order valence-corrected chi connectivity index (χ0v) is 13.7. The van der Waals surface area contributed by atoms with Crippen molar-refractivity contribution in [2.24, 2.45) is 0 Å². The van der Waals surface area contributed by atoms with E-state index in [0.717, 1.165) is 49.3 Å². The van der Waals surface area contributed by atoms with Crippen molar-refractivity contribution in [2.45, 2.75) is 40.0 Å². The number of hydrogen-bond acceptors (Lipinski definition) is 1. The fourth-order valence-corrected chi connectivity index (χ4v) is 3.66. The van der Waals surface area contributed by atoms with Gasteiger partial charge in [0.1, 0.15) is 0 Å². The van der Waals surface area contributed by atoms with Crippen LogP contribution in [0.25, 0.3) is 5.69 Å². The van der Waals surface area contributed by atoms with Crippen molar-refractivity contribution in [3.8, 4) is 5.69 Å². The number of benzene rings is 1. The van der Waals surface area contributed by atoms with Crippen molar-refractivity contribution in [3.63, 3.8) is 0 Å². The fraction of sp³-hybridized carbons (Fsp3) is 0.421. The van der Waals surface area contributed by atoms with Gasteiger partial charge < -0.3 is 9.47 Å². The van der Waals surface area contributed by atoms with Crippen molar-refractivity contribution >= 4 is 5.91 Å². The Morgan fingerprint density at radius 2 is 1.82 bits per heavy atom. The number of carbonyl (C=O) groups is 1. The summed E-state index contributed by atoms with van der Waals surface area (Å²) >= 11 is 0. The maximum absolute atomic E-state index is 12.9. The zero-order chi connectivity index (χ0) is 15.7. The lowest BCUT2D eigenvalue weighted by atomic mass is 10.1. The number of para-hydroxylation sites is 1. The van der Waals surface area contributed by atoms with Crippen LogP contribution < -0.4 is 0 Å². The Labute approximate surface area is 132 Å². The summed E-state index contributed by atoms with van der Waals surface area (Å²) in [6.45, 7) is 7.71. The highest BCUT2D eigenvalue weighted by atomic mass is 16.2. The van der Waals surface area contributed by atoms with E-state index in [-0.39, 0.29) is 5.91 Å². The molecule has 3 heteroatoms. The number of carbonyl (C=O) groups excluding carboxylic acids is 1. The molecule has 0 N–H and O–H groups in total. The van der Waals surface area contributed by atoms with Gasteiger partial charge in [-0.3, -0.25) is 4.79 Å². The Bertz CT molecular complexity index is 681. The number of fused-ring (bicyclic) bond motifs is 1. The van der Waals surface area contributed by atoms with Gasteiger partial charge in [0.15, 0.2) is 0 Å². The largest absolute Gasteiger partial charge is 0.339 e. The first-order valence-corrected chi connectivity index (χ1v) is 8.26. The molecule has 1 aromatic carbocycles. The lowest BCUT2D eigenvalue weighted by molar-refractivity contribution is 0.0771. The highest BCUT2D eigenvalue weighted by molar-refractivity contribution is 5.98. The average Bonchev–Trinajstić information content (AvgIpc) is 3.08. The van der Waals surface area contributed by atoms with Crippen molar-refractivity contribution < 1.29 is 4.79 Å². The van der Waals surface area contributed by atoms with Crippen LogP contribution in [0.2, 0.25) is 0 Å². The van der Waals surface area contributed by atoms with Crippen LogP contribution in [0.4, 0.5) is 0 Å². The van der Waals surface area contributed by atoms with E-state index in [1.165, 1.54) is 11.3 Å². The smallest absolute Gasteiger partial charge is 0.255 e. The van der Waals surface area contributed by atoms with E-state index < -0.39 is 0 Å². The van der Waals surface area contributed by atoms with E-state index in [1.807, 2.05) is 24.8 Å². The maximum atomic E-state index is 12.9. The monoisotopic (exact) mass is 296 g/mol. The van der Waals surface area contributed by atoms with E-state index in [9.17, 15) is 4.79 Å². The van der Waals surface area contributed by atoms with Crippen LogP contribution >= 0.6 is 0 Å². The molecular weight excluding hydrogens is 272 g/mol. The second-order valence-electron chi connectivity index (χ2n) is 5.89. The lowest BCUT2D eigenvalue weighted by Gasteiger charge is -2.19. The Hall–Kier alpha value is -2.03. The Morgan fingerprint density at radius 3 is 2.45 bits per heavy atom. The predicted molar refractivity (Wildman–Crippen MR) is 89.8 cm³/mol. The van der Waals surface area contributed by atoms with Gasteiger partial charge in [-0.25, -0.2) is 0 Å². The summed E-state index contributed by atoms with van der Waals surface area (Å²) in [5, 5.41) is 0. The molecule has 3 rings (SSSR count). The van der Waals surface area contributed by atoms with Crippen molar-refractivity contribution in [2.75, 3.05) is 13.1 Å². The van der Waals surface area contributed by atoms with Crippen LogP contribution in [0, 0.1) is 6.92 Å². The molecule has 1 aromatic heterocycles. The van der Waals surface area contributed by atoms with Crippen LogP contribution in [0.5, 0.6) is 0 Å². The molecule has 22 heavy (non-hydrogen) atoms. The minimum Gasteiger partial charge on any atom is -0.339 e. The number of amides is 1. The Balaban J connectivity index is 2.16. The predicted octanol–water partition coefficient (Wildman–Crippen LogP) is 3.76. The molecular formula is C19H24N2O. The molecule has 0 atom stereocenters. The third-order valence-electron chi connectivity index (χ3n) is 4.74. The summed E-state index contributed by atoms with van der Waals surface area (Å²) in [4.78, 5) is 14.9. The van der Waals surface area contributed by atoms with Crippen LogP contribution in [0.1, 0.15) is 47.6 Å². The van der Waals surface area contributed by atoms with Gasteiger partial charge in [-0.05, 0) is 57.7 Å². The maximum Gasteiger partial charge on any atom is 0.255 e. The summed E-state index contributed by atoms with van der Waals surface area (Å²) in [5.41, 5.74) is 5.81. The summed E-state index contributed by atoms with van der Waals surface area (Å²) in [6, 6.07) is 10.4. The quantitative estimate of drug-likeness (QED) is 0.843. The molecule has 2 aromatic rings. The first-order valence-electron chi connectivity index (χ1n) is 8.26. The summed E-state index contributed by atoms with van der Waals surface area (Å²) in [5.74, 6) is 0.190. The molecule has 0 aliphatic heterocycles. The van der Waals surface area contributed by atoms with E-state index in [2.05, 4.69) is 35.8 Å². The SMILES string of the molecule is CCN(CC)C(=O)c1c2c(n(-c3ccccc3)c1C)CCC2. The minimum atomic E-state index is 0.190. The first kappa shape index (κ1) is 14.9. The summed E-state index contributed by atoms with van der Waals surface area (Å²) < 4.78 is 2.29. The molecule has 1 aliphatic rings. The molecule has 0 spiro atoms. The molecule has 1 heterocycles. The fourth-order valence-electron chi connectivity index (χ4n) is 3.66. The first-order chi connectivity index (χ1) is 10.7. The molecule has 0 saturated carbocycles. The van der Waals surface area contributed by atoms with E-state index in [4.69, 9.17) is 0 Å². The van der Waals surface area contributed by atoms with E-state index in [0.29, 0.717) is 0 Å². The van der Waals surface area contributed by atoms with Crippen molar-refractivity contribution in [1.82, 2.24) is 9.47 Å². The highest BCUT2D eigenvalue weighted by Crippen LogP contribution is 2.34. The normalized spacial score (nSPS) is 13.2. The van der Waals surface area contributed by atoms with Crippen LogP contribution in [0.3, 0.4) is 0 Å². The molecule has 3 nitrogen and oxygen atoms in total. The topological polar surface area (TPSA) is 25.2 Å². The second kappa shape index (κ2) is 5.99.